The smallest absolute Gasteiger partial charge is 0.323 e. The van der Waals surface area contributed by atoms with Gasteiger partial charge in [0.2, 0.25) is 0 Å². The first-order valence-corrected chi connectivity index (χ1v) is 8.10. The number of hydrogen-bond acceptors (Lipinski definition) is 4. The second-order valence-corrected chi connectivity index (χ2v) is 6.08. The number of nitrogens with zero attached hydrogens (tertiary/aromatic N) is 2. The SMILES string of the molecule is O=C(Nc1ccnc(Nc2cc(C(F)(F)F)[nH]n2)c1)c1c(Cl)cccc1Cl. The molecule has 140 valence electrons. The minimum Gasteiger partial charge on any atom is -0.323 e. The third-order valence-corrected chi connectivity index (χ3v) is 3.98. The minimum absolute atomic E-state index is 0.0764. The van der Waals surface area contributed by atoms with E-state index < -0.39 is 17.8 Å². The number of aromatic nitrogens is 3. The number of carbonyl (C=O) groups excluding carboxylic acids is 1. The van der Waals surface area contributed by atoms with Crippen molar-refractivity contribution in [3.63, 3.8) is 0 Å². The summed E-state index contributed by atoms with van der Waals surface area (Å²) in [4.78, 5) is 16.3. The van der Waals surface area contributed by atoms with Crippen LogP contribution in [0.25, 0.3) is 0 Å². The zero-order chi connectivity index (χ0) is 19.6. The monoisotopic (exact) mass is 415 g/mol. The average Bonchev–Trinajstić information content (AvgIpc) is 3.04. The van der Waals surface area contributed by atoms with E-state index in [1.54, 1.807) is 6.07 Å². The van der Waals surface area contributed by atoms with Crippen molar-refractivity contribution >= 4 is 46.4 Å². The molecule has 2 aromatic heterocycles. The normalized spacial score (nSPS) is 11.3. The summed E-state index contributed by atoms with van der Waals surface area (Å²) in [5.41, 5.74) is -0.558. The van der Waals surface area contributed by atoms with Gasteiger partial charge in [-0.3, -0.25) is 9.89 Å². The maximum absolute atomic E-state index is 12.6. The van der Waals surface area contributed by atoms with Gasteiger partial charge >= 0.3 is 6.18 Å². The van der Waals surface area contributed by atoms with Crippen LogP contribution in [0.5, 0.6) is 0 Å². The van der Waals surface area contributed by atoms with Crippen molar-refractivity contribution in [3.8, 4) is 0 Å². The number of benzene rings is 1. The first-order chi connectivity index (χ1) is 12.7. The van der Waals surface area contributed by atoms with Crippen molar-refractivity contribution in [1.29, 1.82) is 0 Å². The standard InChI is InChI=1S/C16H10Cl2F3N5O/c17-9-2-1-3-10(18)14(9)15(27)23-8-4-5-22-12(6-8)24-13-7-11(25-26-13)16(19,20)21/h1-7H,(H3,22,23,24,25,26,27). The van der Waals surface area contributed by atoms with E-state index in [9.17, 15) is 18.0 Å². The molecule has 0 spiro atoms. The van der Waals surface area contributed by atoms with E-state index in [0.29, 0.717) is 5.69 Å². The maximum atomic E-state index is 12.6. The molecule has 0 unspecified atom stereocenters. The number of aromatic amines is 1. The molecule has 3 N–H and O–H groups in total. The van der Waals surface area contributed by atoms with Gasteiger partial charge in [0.25, 0.3) is 5.91 Å². The van der Waals surface area contributed by atoms with E-state index in [1.165, 1.54) is 30.5 Å². The highest BCUT2D eigenvalue weighted by atomic mass is 35.5. The molecule has 0 aliphatic carbocycles. The van der Waals surface area contributed by atoms with Crippen LogP contribution in [-0.2, 0) is 6.18 Å². The lowest BCUT2D eigenvalue weighted by molar-refractivity contribution is -0.141. The molecule has 3 rings (SSSR count). The summed E-state index contributed by atoms with van der Waals surface area (Å²) in [6.45, 7) is 0. The van der Waals surface area contributed by atoms with Crippen molar-refractivity contribution in [1.82, 2.24) is 15.2 Å². The lowest BCUT2D eigenvalue weighted by Crippen LogP contribution is -2.13. The number of H-pyrrole nitrogens is 1. The van der Waals surface area contributed by atoms with E-state index in [0.717, 1.165) is 6.07 Å². The predicted molar refractivity (Wildman–Crippen MR) is 95.5 cm³/mol. The fraction of sp³-hybridized carbons (Fsp3) is 0.0625. The fourth-order valence-corrected chi connectivity index (χ4v) is 2.72. The molecule has 1 aromatic carbocycles. The maximum Gasteiger partial charge on any atom is 0.432 e. The number of anilines is 3. The van der Waals surface area contributed by atoms with Crippen LogP contribution in [0.4, 0.5) is 30.5 Å². The molecular formula is C16H10Cl2F3N5O. The second kappa shape index (κ2) is 7.45. The quantitative estimate of drug-likeness (QED) is 0.551. The average molecular weight is 416 g/mol. The molecule has 0 radical (unpaired) electrons. The molecule has 3 aromatic rings. The number of nitrogens with one attached hydrogen (secondary N) is 3. The molecule has 0 saturated heterocycles. The molecule has 6 nitrogen and oxygen atoms in total. The highest BCUT2D eigenvalue weighted by Gasteiger charge is 2.33. The molecule has 0 fully saturated rings. The lowest BCUT2D eigenvalue weighted by atomic mass is 10.2. The van der Waals surface area contributed by atoms with Crippen molar-refractivity contribution in [3.05, 3.63) is 63.9 Å². The summed E-state index contributed by atoms with van der Waals surface area (Å²) in [6, 6.07) is 8.38. The molecule has 27 heavy (non-hydrogen) atoms. The number of pyridine rings is 1. The van der Waals surface area contributed by atoms with Gasteiger partial charge in [-0.05, 0) is 18.2 Å². The Labute approximate surface area is 160 Å². The molecule has 1 amide bonds. The molecule has 0 aliphatic heterocycles. The first-order valence-electron chi connectivity index (χ1n) is 7.35. The number of carbonyl (C=O) groups is 1. The molecule has 0 atom stereocenters. The Morgan fingerprint density at radius 3 is 2.41 bits per heavy atom. The van der Waals surface area contributed by atoms with E-state index in [2.05, 4.69) is 20.7 Å². The number of halogens is 5. The van der Waals surface area contributed by atoms with E-state index in [-0.39, 0.29) is 27.2 Å². The molecule has 2 heterocycles. The third kappa shape index (κ3) is 4.50. The molecule has 0 bridgehead atoms. The van der Waals surface area contributed by atoms with Gasteiger partial charge in [-0.2, -0.15) is 18.3 Å². The van der Waals surface area contributed by atoms with Gasteiger partial charge in [0.1, 0.15) is 11.5 Å². The molecule has 0 aliphatic rings. The van der Waals surface area contributed by atoms with Crippen molar-refractivity contribution in [2.24, 2.45) is 0 Å². The van der Waals surface area contributed by atoms with E-state index in [1.807, 2.05) is 5.10 Å². The number of rotatable bonds is 4. The number of amides is 1. The Bertz CT molecular complexity index is 970. The van der Waals surface area contributed by atoms with Gasteiger partial charge in [0, 0.05) is 24.0 Å². The number of hydrogen-bond donors (Lipinski definition) is 3. The van der Waals surface area contributed by atoms with Crippen LogP contribution >= 0.6 is 23.2 Å². The van der Waals surface area contributed by atoms with Crippen molar-refractivity contribution < 1.29 is 18.0 Å². The van der Waals surface area contributed by atoms with Gasteiger partial charge in [-0.15, -0.1) is 0 Å². The Morgan fingerprint density at radius 2 is 1.78 bits per heavy atom. The Hall–Kier alpha value is -2.78. The van der Waals surface area contributed by atoms with Gasteiger partial charge < -0.3 is 10.6 Å². The Balaban J connectivity index is 1.76. The van der Waals surface area contributed by atoms with Crippen molar-refractivity contribution in [2.45, 2.75) is 6.18 Å². The van der Waals surface area contributed by atoms with Gasteiger partial charge in [-0.1, -0.05) is 29.3 Å². The zero-order valence-corrected chi connectivity index (χ0v) is 14.7. The van der Waals surface area contributed by atoms with E-state index >= 15 is 0 Å². The largest absolute Gasteiger partial charge is 0.432 e. The summed E-state index contributed by atoms with van der Waals surface area (Å²) >= 11 is 12.0. The molecule has 0 saturated carbocycles. The van der Waals surface area contributed by atoms with Crippen LogP contribution < -0.4 is 10.6 Å². The lowest BCUT2D eigenvalue weighted by Gasteiger charge is -2.09. The molecular weight excluding hydrogens is 406 g/mol. The summed E-state index contributed by atoms with van der Waals surface area (Å²) in [5, 5.41) is 11.0. The minimum atomic E-state index is -4.54. The van der Waals surface area contributed by atoms with Gasteiger partial charge in [-0.25, -0.2) is 4.98 Å². The van der Waals surface area contributed by atoms with Crippen LogP contribution in [0.1, 0.15) is 16.1 Å². The highest BCUT2D eigenvalue weighted by molar-refractivity contribution is 6.40. The van der Waals surface area contributed by atoms with Gasteiger partial charge in [0.05, 0.1) is 15.6 Å². The highest BCUT2D eigenvalue weighted by Crippen LogP contribution is 2.30. The van der Waals surface area contributed by atoms with E-state index in [4.69, 9.17) is 23.2 Å². The Morgan fingerprint density at radius 1 is 1.07 bits per heavy atom. The summed E-state index contributed by atoms with van der Waals surface area (Å²) < 4.78 is 37.8. The third-order valence-electron chi connectivity index (χ3n) is 3.35. The van der Waals surface area contributed by atoms with Crippen molar-refractivity contribution in [2.75, 3.05) is 10.6 Å². The Kier molecular flexibility index (Phi) is 5.24. The zero-order valence-electron chi connectivity index (χ0n) is 13.2. The van der Waals surface area contributed by atoms with Gasteiger partial charge in [0.15, 0.2) is 5.82 Å². The number of alkyl halides is 3. The summed E-state index contributed by atoms with van der Waals surface area (Å²) in [7, 11) is 0. The summed E-state index contributed by atoms with van der Waals surface area (Å²) in [6.07, 6.45) is -3.17. The van der Waals surface area contributed by atoms with Crippen LogP contribution in [0.15, 0.2) is 42.6 Å². The second-order valence-electron chi connectivity index (χ2n) is 5.27. The van der Waals surface area contributed by atoms with Crippen LogP contribution in [-0.4, -0.2) is 21.1 Å². The van der Waals surface area contributed by atoms with Crippen LogP contribution in [0, 0.1) is 0 Å². The topological polar surface area (TPSA) is 82.7 Å². The first kappa shape index (κ1) is 19.0. The predicted octanol–water partition coefficient (Wildman–Crippen LogP) is 5.13. The summed E-state index contributed by atoms with van der Waals surface area (Å²) in [5.74, 6) is -0.437. The van der Waals surface area contributed by atoms with Crippen LogP contribution in [0.3, 0.4) is 0 Å². The fourth-order valence-electron chi connectivity index (χ4n) is 2.15. The van der Waals surface area contributed by atoms with Crippen LogP contribution in [0.2, 0.25) is 10.0 Å². The molecule has 11 heteroatoms.